The van der Waals surface area contributed by atoms with Crippen LogP contribution in [-0.4, -0.2) is 19.7 Å². The number of ether oxygens (including phenoxy) is 1. The van der Waals surface area contributed by atoms with Gasteiger partial charge in [0.1, 0.15) is 5.75 Å². The van der Waals surface area contributed by atoms with Gasteiger partial charge >= 0.3 is 0 Å². The number of rotatable bonds is 4. The summed E-state index contributed by atoms with van der Waals surface area (Å²) in [7, 11) is 2.15. The van der Waals surface area contributed by atoms with Crippen molar-refractivity contribution in [1.29, 1.82) is 0 Å². The third-order valence-electron chi connectivity index (χ3n) is 3.85. The predicted molar refractivity (Wildman–Crippen MR) is 77.3 cm³/mol. The molecule has 18 heavy (non-hydrogen) atoms. The highest BCUT2D eigenvalue weighted by molar-refractivity contribution is 5.74. The van der Waals surface area contributed by atoms with Gasteiger partial charge in [0, 0.05) is 13.1 Å². The number of nitrogens with zero attached hydrogens (tertiary/aromatic N) is 1. The molecule has 1 saturated carbocycles. The van der Waals surface area contributed by atoms with Crippen LogP contribution in [0.15, 0.2) is 18.2 Å². The Hall–Kier alpha value is -1.38. The maximum atomic E-state index is 6.21. The van der Waals surface area contributed by atoms with Crippen LogP contribution in [0.3, 0.4) is 0 Å². The Morgan fingerprint density at radius 2 is 2.00 bits per heavy atom. The molecule has 1 fully saturated rings. The minimum atomic E-state index is 0.623. The minimum Gasteiger partial charge on any atom is -0.492 e. The van der Waals surface area contributed by atoms with Gasteiger partial charge in [0.25, 0.3) is 0 Å². The number of hydrogen-bond acceptors (Lipinski definition) is 3. The first-order chi connectivity index (χ1) is 8.74. The first-order valence-electron chi connectivity index (χ1n) is 6.98. The lowest BCUT2D eigenvalue weighted by Crippen LogP contribution is -2.33. The molecule has 1 aliphatic carbocycles. The Bertz CT molecular complexity index is 386. The Balaban J connectivity index is 2.18. The first kappa shape index (κ1) is 13.1. The van der Waals surface area contributed by atoms with Crippen LogP contribution in [0.1, 0.15) is 39.0 Å². The lowest BCUT2D eigenvalue weighted by Gasteiger charge is -2.34. The van der Waals surface area contributed by atoms with Crippen molar-refractivity contribution >= 4 is 11.4 Å². The maximum Gasteiger partial charge on any atom is 0.144 e. The normalized spacial score (nSPS) is 16.6. The van der Waals surface area contributed by atoms with Gasteiger partial charge in [-0.25, -0.2) is 0 Å². The van der Waals surface area contributed by atoms with Gasteiger partial charge < -0.3 is 15.4 Å². The molecule has 0 unspecified atom stereocenters. The molecule has 0 aliphatic heterocycles. The van der Waals surface area contributed by atoms with E-state index in [1.54, 1.807) is 0 Å². The standard InChI is InChI=1S/C15H24N2O/c1-3-18-14-11-7-10-13(15(14)16)17(2)12-8-5-4-6-9-12/h7,10-12H,3-6,8-9,16H2,1-2H3. The van der Waals surface area contributed by atoms with Crippen molar-refractivity contribution in [2.75, 3.05) is 24.3 Å². The number of para-hydroxylation sites is 1. The van der Waals surface area contributed by atoms with E-state index < -0.39 is 0 Å². The van der Waals surface area contributed by atoms with Crippen molar-refractivity contribution in [3.63, 3.8) is 0 Å². The molecule has 0 spiro atoms. The number of nitrogen functional groups attached to an aromatic ring is 1. The van der Waals surface area contributed by atoms with Crippen LogP contribution in [0, 0.1) is 0 Å². The van der Waals surface area contributed by atoms with Crippen LogP contribution in [0.4, 0.5) is 11.4 Å². The van der Waals surface area contributed by atoms with Gasteiger partial charge in [-0.15, -0.1) is 0 Å². The molecule has 3 heteroatoms. The van der Waals surface area contributed by atoms with Gasteiger partial charge in [-0.2, -0.15) is 0 Å². The van der Waals surface area contributed by atoms with E-state index in [0.717, 1.165) is 17.1 Å². The molecular weight excluding hydrogens is 224 g/mol. The summed E-state index contributed by atoms with van der Waals surface area (Å²) in [6.07, 6.45) is 6.59. The monoisotopic (exact) mass is 248 g/mol. The fourth-order valence-corrected chi connectivity index (χ4v) is 2.79. The fourth-order valence-electron chi connectivity index (χ4n) is 2.79. The smallest absolute Gasteiger partial charge is 0.144 e. The SMILES string of the molecule is CCOc1cccc(N(C)C2CCCCC2)c1N. The molecule has 0 amide bonds. The van der Waals surface area contributed by atoms with Gasteiger partial charge in [-0.05, 0) is 31.9 Å². The molecule has 0 heterocycles. The Morgan fingerprint density at radius 1 is 1.28 bits per heavy atom. The summed E-state index contributed by atoms with van der Waals surface area (Å²) in [5.74, 6) is 0.803. The highest BCUT2D eigenvalue weighted by Crippen LogP contribution is 2.35. The molecule has 2 N–H and O–H groups in total. The van der Waals surface area contributed by atoms with Crippen LogP contribution in [-0.2, 0) is 0 Å². The van der Waals surface area contributed by atoms with Gasteiger partial charge in [0.2, 0.25) is 0 Å². The van der Waals surface area contributed by atoms with Crippen LogP contribution in [0.25, 0.3) is 0 Å². The molecule has 100 valence electrons. The summed E-state index contributed by atoms with van der Waals surface area (Å²) in [6.45, 7) is 2.64. The summed E-state index contributed by atoms with van der Waals surface area (Å²) in [4.78, 5) is 2.33. The zero-order valence-corrected chi connectivity index (χ0v) is 11.5. The summed E-state index contributed by atoms with van der Waals surface area (Å²) in [5, 5.41) is 0. The Kier molecular flexibility index (Phi) is 4.34. The van der Waals surface area contributed by atoms with Gasteiger partial charge in [-0.3, -0.25) is 0 Å². The largest absolute Gasteiger partial charge is 0.492 e. The summed E-state index contributed by atoms with van der Waals surface area (Å²) in [5.41, 5.74) is 8.09. The second-order valence-corrected chi connectivity index (χ2v) is 5.02. The van der Waals surface area contributed by atoms with Gasteiger partial charge in [-0.1, -0.05) is 25.3 Å². The summed E-state index contributed by atoms with van der Waals surface area (Å²) >= 11 is 0. The number of benzene rings is 1. The van der Waals surface area contributed by atoms with E-state index in [-0.39, 0.29) is 0 Å². The number of anilines is 2. The second kappa shape index (κ2) is 5.98. The van der Waals surface area contributed by atoms with E-state index in [2.05, 4.69) is 18.0 Å². The van der Waals surface area contributed by atoms with Gasteiger partial charge in [0.15, 0.2) is 0 Å². The van der Waals surface area contributed by atoms with E-state index >= 15 is 0 Å². The van der Waals surface area contributed by atoms with Crippen molar-refractivity contribution in [1.82, 2.24) is 0 Å². The van der Waals surface area contributed by atoms with E-state index in [0.29, 0.717) is 12.6 Å². The Morgan fingerprint density at radius 3 is 2.67 bits per heavy atom. The molecule has 0 atom stereocenters. The third-order valence-corrected chi connectivity index (χ3v) is 3.85. The average molecular weight is 248 g/mol. The lowest BCUT2D eigenvalue weighted by atomic mass is 9.94. The molecule has 1 aromatic carbocycles. The molecule has 2 rings (SSSR count). The molecule has 1 aliphatic rings. The van der Waals surface area contributed by atoms with Crippen molar-refractivity contribution in [2.45, 2.75) is 45.1 Å². The van der Waals surface area contributed by atoms with Crippen molar-refractivity contribution in [3.8, 4) is 5.75 Å². The molecular formula is C15H24N2O. The van der Waals surface area contributed by atoms with E-state index in [9.17, 15) is 0 Å². The van der Waals surface area contributed by atoms with Crippen LogP contribution in [0.2, 0.25) is 0 Å². The molecule has 0 bridgehead atoms. The second-order valence-electron chi connectivity index (χ2n) is 5.02. The van der Waals surface area contributed by atoms with Crippen molar-refractivity contribution in [3.05, 3.63) is 18.2 Å². The highest BCUT2D eigenvalue weighted by atomic mass is 16.5. The summed E-state index contributed by atoms with van der Waals surface area (Å²) < 4.78 is 5.56. The molecule has 3 nitrogen and oxygen atoms in total. The van der Waals surface area contributed by atoms with Gasteiger partial charge in [0.05, 0.1) is 18.0 Å². The van der Waals surface area contributed by atoms with E-state index in [1.807, 2.05) is 19.1 Å². The average Bonchev–Trinajstić information content (AvgIpc) is 2.42. The van der Waals surface area contributed by atoms with Crippen molar-refractivity contribution < 1.29 is 4.74 Å². The maximum absolute atomic E-state index is 6.21. The van der Waals surface area contributed by atoms with E-state index in [4.69, 9.17) is 10.5 Å². The molecule has 0 aromatic heterocycles. The van der Waals surface area contributed by atoms with Crippen molar-refractivity contribution in [2.24, 2.45) is 0 Å². The first-order valence-corrected chi connectivity index (χ1v) is 6.98. The predicted octanol–water partition coefficient (Wildman–Crippen LogP) is 3.44. The fraction of sp³-hybridized carbons (Fsp3) is 0.600. The van der Waals surface area contributed by atoms with Crippen LogP contribution in [0.5, 0.6) is 5.75 Å². The number of nitrogens with two attached hydrogens (primary N) is 1. The zero-order chi connectivity index (χ0) is 13.0. The lowest BCUT2D eigenvalue weighted by molar-refractivity contribution is 0.342. The molecule has 0 saturated heterocycles. The van der Waals surface area contributed by atoms with Crippen LogP contribution < -0.4 is 15.4 Å². The van der Waals surface area contributed by atoms with E-state index in [1.165, 1.54) is 32.1 Å². The summed E-state index contributed by atoms with van der Waals surface area (Å²) in [6, 6.07) is 6.68. The molecule has 1 aromatic rings. The Labute approximate surface area is 110 Å². The molecule has 0 radical (unpaired) electrons. The topological polar surface area (TPSA) is 38.5 Å². The zero-order valence-electron chi connectivity index (χ0n) is 11.5. The quantitative estimate of drug-likeness (QED) is 0.830. The minimum absolute atomic E-state index is 0.623. The number of hydrogen-bond donors (Lipinski definition) is 1. The highest BCUT2D eigenvalue weighted by Gasteiger charge is 2.20. The van der Waals surface area contributed by atoms with Crippen LogP contribution >= 0.6 is 0 Å². The third kappa shape index (κ3) is 2.71.